The van der Waals surface area contributed by atoms with E-state index in [0.717, 1.165) is 25.7 Å². The third kappa shape index (κ3) is 9.03. The van der Waals surface area contributed by atoms with E-state index in [1.165, 1.54) is 0 Å². The molecule has 1 atom stereocenters. The van der Waals surface area contributed by atoms with Gasteiger partial charge in [0.2, 0.25) is 0 Å². The fourth-order valence-electron chi connectivity index (χ4n) is 1.04. The van der Waals surface area contributed by atoms with Crippen molar-refractivity contribution in [2.24, 2.45) is 0 Å². The van der Waals surface area contributed by atoms with Gasteiger partial charge >= 0.3 is 11.9 Å². The van der Waals surface area contributed by atoms with Gasteiger partial charge in [0.1, 0.15) is 5.25 Å². The predicted octanol–water partition coefficient (Wildman–Crippen LogP) is 2.36. The normalized spacial score (nSPS) is 11.9. The van der Waals surface area contributed by atoms with Gasteiger partial charge in [0.25, 0.3) is 0 Å². The van der Waals surface area contributed by atoms with E-state index in [1.807, 2.05) is 13.8 Å². The molecule has 0 rings (SSSR count). The van der Waals surface area contributed by atoms with E-state index in [4.69, 9.17) is 9.47 Å². The van der Waals surface area contributed by atoms with Crippen molar-refractivity contribution in [2.75, 3.05) is 13.2 Å². The molecular formula is C12H22O4S. The van der Waals surface area contributed by atoms with Crippen molar-refractivity contribution in [3.63, 3.8) is 0 Å². The molecule has 0 aliphatic heterocycles. The van der Waals surface area contributed by atoms with Crippen LogP contribution in [-0.4, -0.2) is 30.4 Å². The van der Waals surface area contributed by atoms with Gasteiger partial charge in [-0.25, -0.2) is 0 Å². The minimum Gasteiger partial charge on any atom is -0.466 e. The molecule has 0 fully saturated rings. The van der Waals surface area contributed by atoms with Crippen LogP contribution in [0.3, 0.4) is 0 Å². The van der Waals surface area contributed by atoms with Crippen molar-refractivity contribution in [1.82, 2.24) is 0 Å². The largest absolute Gasteiger partial charge is 0.466 e. The molecule has 0 radical (unpaired) electrons. The molecule has 0 saturated heterocycles. The molecule has 100 valence electrons. The second-order valence-electron chi connectivity index (χ2n) is 3.81. The van der Waals surface area contributed by atoms with Crippen LogP contribution in [0.2, 0.25) is 0 Å². The summed E-state index contributed by atoms with van der Waals surface area (Å²) in [5, 5.41) is -0.721. The zero-order valence-electron chi connectivity index (χ0n) is 10.6. The zero-order chi connectivity index (χ0) is 13.1. The number of hydrogen-bond acceptors (Lipinski definition) is 5. The smallest absolute Gasteiger partial charge is 0.319 e. The highest BCUT2D eigenvalue weighted by Gasteiger charge is 2.19. The van der Waals surface area contributed by atoms with Crippen LogP contribution in [-0.2, 0) is 19.1 Å². The van der Waals surface area contributed by atoms with Crippen LogP contribution in [0.5, 0.6) is 0 Å². The summed E-state index contributed by atoms with van der Waals surface area (Å²) in [5.41, 5.74) is 0. The third-order valence-electron chi connectivity index (χ3n) is 2.14. The van der Waals surface area contributed by atoms with E-state index in [2.05, 4.69) is 12.6 Å². The lowest BCUT2D eigenvalue weighted by Crippen LogP contribution is -2.23. The molecular weight excluding hydrogens is 240 g/mol. The summed E-state index contributed by atoms with van der Waals surface area (Å²) >= 11 is 4.04. The Hall–Kier alpha value is -0.710. The van der Waals surface area contributed by atoms with Crippen molar-refractivity contribution in [3.05, 3.63) is 0 Å². The highest BCUT2D eigenvalue weighted by atomic mass is 32.1. The first-order valence-corrected chi connectivity index (χ1v) is 6.63. The van der Waals surface area contributed by atoms with Gasteiger partial charge in [0, 0.05) is 0 Å². The van der Waals surface area contributed by atoms with Crippen LogP contribution in [0.25, 0.3) is 0 Å². The number of carbonyl (C=O) groups excluding carboxylic acids is 2. The van der Waals surface area contributed by atoms with Crippen LogP contribution in [0.1, 0.15) is 46.0 Å². The van der Waals surface area contributed by atoms with Crippen LogP contribution in [0.15, 0.2) is 0 Å². The number of unbranched alkanes of at least 4 members (excludes halogenated alkanes) is 2. The topological polar surface area (TPSA) is 52.6 Å². The molecule has 0 saturated carbocycles. The lowest BCUT2D eigenvalue weighted by molar-refractivity contribution is -0.149. The summed E-state index contributed by atoms with van der Waals surface area (Å²) in [7, 11) is 0. The molecule has 1 unspecified atom stereocenters. The standard InChI is InChI=1S/C12H22O4S/c1-3-5-7-15-11(13)9-10(17)12(14)16-8-6-4-2/h10,17H,3-9H2,1-2H3. The number of carbonyl (C=O) groups is 2. The summed E-state index contributed by atoms with van der Waals surface area (Å²) in [6.07, 6.45) is 3.56. The Bertz CT molecular complexity index is 231. The van der Waals surface area contributed by atoms with E-state index in [0.29, 0.717) is 13.2 Å². The van der Waals surface area contributed by atoms with Crippen LogP contribution >= 0.6 is 12.6 Å². The minimum absolute atomic E-state index is 0.0300. The van der Waals surface area contributed by atoms with Gasteiger partial charge in [0.15, 0.2) is 0 Å². The number of hydrogen-bond donors (Lipinski definition) is 1. The molecule has 0 amide bonds. The molecule has 0 aromatic carbocycles. The lowest BCUT2D eigenvalue weighted by atomic mass is 10.3. The highest BCUT2D eigenvalue weighted by Crippen LogP contribution is 2.06. The maximum atomic E-state index is 11.4. The number of thiol groups is 1. The van der Waals surface area contributed by atoms with Gasteiger partial charge in [0.05, 0.1) is 19.6 Å². The molecule has 0 aliphatic carbocycles. The monoisotopic (exact) mass is 262 g/mol. The van der Waals surface area contributed by atoms with Crippen LogP contribution in [0.4, 0.5) is 0 Å². The average Bonchev–Trinajstić information content (AvgIpc) is 2.29. The summed E-state index contributed by atoms with van der Waals surface area (Å²) in [6, 6.07) is 0. The summed E-state index contributed by atoms with van der Waals surface area (Å²) < 4.78 is 9.88. The third-order valence-corrected chi connectivity index (χ3v) is 2.53. The number of ether oxygens (including phenoxy) is 2. The molecule has 4 nitrogen and oxygen atoms in total. The lowest BCUT2D eigenvalue weighted by Gasteiger charge is -2.10. The Morgan fingerprint density at radius 1 is 1.06 bits per heavy atom. The maximum absolute atomic E-state index is 11.4. The average molecular weight is 262 g/mol. The molecule has 0 aromatic rings. The first-order chi connectivity index (χ1) is 8.11. The summed E-state index contributed by atoms with van der Waals surface area (Å²) in [5.74, 6) is -0.847. The van der Waals surface area contributed by atoms with Gasteiger partial charge in [-0.2, -0.15) is 12.6 Å². The SMILES string of the molecule is CCCCOC(=O)CC(S)C(=O)OCCCC. The highest BCUT2D eigenvalue weighted by molar-refractivity contribution is 7.81. The van der Waals surface area contributed by atoms with Crippen molar-refractivity contribution in [1.29, 1.82) is 0 Å². The zero-order valence-corrected chi connectivity index (χ0v) is 11.5. The molecule has 5 heteroatoms. The van der Waals surface area contributed by atoms with Crippen LogP contribution < -0.4 is 0 Å². The van der Waals surface area contributed by atoms with E-state index in [9.17, 15) is 9.59 Å². The summed E-state index contributed by atoms with van der Waals surface area (Å²) in [6.45, 7) is 4.81. The molecule has 0 aliphatic rings. The molecule has 0 aromatic heterocycles. The molecule has 0 spiro atoms. The van der Waals surface area contributed by atoms with Crippen molar-refractivity contribution in [3.8, 4) is 0 Å². The van der Waals surface area contributed by atoms with Crippen molar-refractivity contribution < 1.29 is 19.1 Å². The number of rotatable bonds is 9. The molecule has 0 N–H and O–H groups in total. The Morgan fingerprint density at radius 2 is 1.59 bits per heavy atom. The van der Waals surface area contributed by atoms with E-state index in [-0.39, 0.29) is 6.42 Å². The van der Waals surface area contributed by atoms with Gasteiger partial charge in [-0.05, 0) is 12.8 Å². The second kappa shape index (κ2) is 10.4. The second-order valence-corrected chi connectivity index (χ2v) is 4.44. The van der Waals surface area contributed by atoms with E-state index in [1.54, 1.807) is 0 Å². The molecule has 0 heterocycles. The van der Waals surface area contributed by atoms with Gasteiger partial charge in [-0.1, -0.05) is 26.7 Å². The Balaban J connectivity index is 3.71. The molecule has 17 heavy (non-hydrogen) atoms. The fraction of sp³-hybridized carbons (Fsp3) is 0.833. The maximum Gasteiger partial charge on any atom is 0.319 e. The Labute approximate surface area is 108 Å². The fourth-order valence-corrected chi connectivity index (χ4v) is 1.27. The van der Waals surface area contributed by atoms with E-state index >= 15 is 0 Å². The van der Waals surface area contributed by atoms with Gasteiger partial charge in [-0.3, -0.25) is 9.59 Å². The van der Waals surface area contributed by atoms with Gasteiger partial charge in [-0.15, -0.1) is 0 Å². The van der Waals surface area contributed by atoms with E-state index < -0.39 is 17.2 Å². The van der Waals surface area contributed by atoms with Gasteiger partial charge < -0.3 is 9.47 Å². The van der Waals surface area contributed by atoms with Crippen LogP contribution in [0, 0.1) is 0 Å². The quantitative estimate of drug-likeness (QED) is 0.394. The first-order valence-electron chi connectivity index (χ1n) is 6.12. The predicted molar refractivity (Wildman–Crippen MR) is 69.1 cm³/mol. The Morgan fingerprint density at radius 3 is 2.12 bits per heavy atom. The first kappa shape index (κ1) is 16.3. The molecule has 0 bridgehead atoms. The Kier molecular flexibility index (Phi) is 10.0. The van der Waals surface area contributed by atoms with Crippen molar-refractivity contribution in [2.45, 2.75) is 51.2 Å². The number of esters is 2. The minimum atomic E-state index is -0.721. The summed E-state index contributed by atoms with van der Waals surface area (Å²) in [4.78, 5) is 22.7. The van der Waals surface area contributed by atoms with Crippen molar-refractivity contribution >= 4 is 24.6 Å².